The molecule has 0 bridgehead atoms. The van der Waals surface area contributed by atoms with Gasteiger partial charge in [-0.2, -0.15) is 0 Å². The van der Waals surface area contributed by atoms with E-state index < -0.39 is 0 Å². The van der Waals surface area contributed by atoms with Crippen LogP contribution in [0, 0.1) is 0 Å². The van der Waals surface area contributed by atoms with Gasteiger partial charge in [0.05, 0.1) is 25.4 Å². The number of fused-ring (bicyclic) bond motifs is 4. The van der Waals surface area contributed by atoms with Gasteiger partial charge in [-0.3, -0.25) is 15.0 Å². The van der Waals surface area contributed by atoms with Crippen LogP contribution in [0.15, 0.2) is 67.3 Å². The molecule has 0 aliphatic heterocycles. The van der Waals surface area contributed by atoms with Crippen LogP contribution in [0.3, 0.4) is 0 Å². The minimum absolute atomic E-state index is 0.661. The Morgan fingerprint density at radius 1 is 0.679 bits per heavy atom. The molecule has 28 heavy (non-hydrogen) atoms. The van der Waals surface area contributed by atoms with E-state index >= 15 is 0 Å². The zero-order valence-electron chi connectivity index (χ0n) is 15.5. The smallest absolute Gasteiger partial charge is 0.162 e. The summed E-state index contributed by atoms with van der Waals surface area (Å²) in [7, 11) is 3.26. The maximum atomic E-state index is 5.49. The number of pyridine rings is 3. The van der Waals surface area contributed by atoms with Crippen LogP contribution < -0.4 is 9.47 Å². The van der Waals surface area contributed by atoms with Crippen molar-refractivity contribution in [1.29, 1.82) is 0 Å². The highest BCUT2D eigenvalue weighted by Gasteiger charge is 2.12. The Kier molecular flexibility index (Phi) is 3.79. The van der Waals surface area contributed by atoms with Crippen LogP contribution in [0.4, 0.5) is 0 Å². The van der Waals surface area contributed by atoms with Crippen molar-refractivity contribution in [1.82, 2.24) is 15.0 Å². The van der Waals surface area contributed by atoms with E-state index in [-0.39, 0.29) is 0 Å². The van der Waals surface area contributed by atoms with Gasteiger partial charge in [0.2, 0.25) is 0 Å². The normalized spacial score (nSPS) is 11.2. The third-order valence-corrected chi connectivity index (χ3v) is 5.01. The summed E-state index contributed by atoms with van der Waals surface area (Å²) in [4.78, 5) is 13.6. The van der Waals surface area contributed by atoms with Gasteiger partial charge in [0.15, 0.2) is 11.5 Å². The van der Waals surface area contributed by atoms with E-state index in [9.17, 15) is 0 Å². The van der Waals surface area contributed by atoms with Gasteiger partial charge in [-0.25, -0.2) is 0 Å². The van der Waals surface area contributed by atoms with E-state index in [1.807, 2.05) is 49.1 Å². The summed E-state index contributed by atoms with van der Waals surface area (Å²) in [5.41, 5.74) is 2.72. The van der Waals surface area contributed by atoms with Gasteiger partial charge in [-0.15, -0.1) is 0 Å². The van der Waals surface area contributed by atoms with Crippen molar-refractivity contribution >= 4 is 32.4 Å². The number of benzene rings is 2. The fraction of sp³-hybridized carbons (Fsp3) is 0.0870. The minimum Gasteiger partial charge on any atom is -0.493 e. The third kappa shape index (κ3) is 2.52. The van der Waals surface area contributed by atoms with E-state index in [0.29, 0.717) is 11.5 Å². The van der Waals surface area contributed by atoms with Gasteiger partial charge in [0.25, 0.3) is 0 Å². The average Bonchev–Trinajstić information content (AvgIpc) is 2.77. The first kappa shape index (κ1) is 16.4. The maximum Gasteiger partial charge on any atom is 0.162 e. The fourth-order valence-electron chi connectivity index (χ4n) is 3.60. The molecule has 0 aliphatic rings. The third-order valence-electron chi connectivity index (χ3n) is 5.01. The standard InChI is InChI=1S/C23H17N3O2/c1-27-22-8-18-17-7-20(19-13-24-10-14-5-3-4-6-16(14)19)25-11-15(17)12-26-21(18)9-23(22)28-2/h3-13H,1-2H3. The summed E-state index contributed by atoms with van der Waals surface area (Å²) in [6.45, 7) is 0. The summed E-state index contributed by atoms with van der Waals surface area (Å²) < 4.78 is 10.9. The molecule has 0 unspecified atom stereocenters. The molecule has 0 saturated heterocycles. The van der Waals surface area contributed by atoms with E-state index in [4.69, 9.17) is 9.47 Å². The molecule has 136 valence electrons. The van der Waals surface area contributed by atoms with Crippen molar-refractivity contribution in [3.8, 4) is 22.8 Å². The highest BCUT2D eigenvalue weighted by molar-refractivity contribution is 6.08. The number of aromatic nitrogens is 3. The molecule has 0 saturated carbocycles. The highest BCUT2D eigenvalue weighted by Crippen LogP contribution is 2.36. The van der Waals surface area contributed by atoms with Crippen LogP contribution in [0.2, 0.25) is 0 Å². The Labute approximate surface area is 161 Å². The number of hydrogen-bond donors (Lipinski definition) is 0. The quantitative estimate of drug-likeness (QED) is 0.419. The summed E-state index contributed by atoms with van der Waals surface area (Å²) in [6, 6.07) is 14.2. The summed E-state index contributed by atoms with van der Waals surface area (Å²) >= 11 is 0. The lowest BCUT2D eigenvalue weighted by molar-refractivity contribution is 0.356. The highest BCUT2D eigenvalue weighted by atomic mass is 16.5. The van der Waals surface area contributed by atoms with Gasteiger partial charge in [0.1, 0.15) is 0 Å². The predicted octanol–water partition coefficient (Wildman–Crippen LogP) is 5.02. The molecular formula is C23H17N3O2. The monoisotopic (exact) mass is 367 g/mol. The molecule has 0 spiro atoms. The topological polar surface area (TPSA) is 57.1 Å². The number of methoxy groups -OCH3 is 2. The van der Waals surface area contributed by atoms with Crippen LogP contribution >= 0.6 is 0 Å². The molecule has 0 N–H and O–H groups in total. The van der Waals surface area contributed by atoms with Gasteiger partial charge in [-0.05, 0) is 22.9 Å². The molecular weight excluding hydrogens is 350 g/mol. The molecule has 3 aromatic heterocycles. The zero-order valence-corrected chi connectivity index (χ0v) is 15.5. The first-order valence-corrected chi connectivity index (χ1v) is 8.92. The van der Waals surface area contributed by atoms with Crippen molar-refractivity contribution in [2.45, 2.75) is 0 Å². The summed E-state index contributed by atoms with van der Waals surface area (Å²) in [5.74, 6) is 1.34. The second kappa shape index (κ2) is 6.46. The Bertz CT molecular complexity index is 1340. The van der Waals surface area contributed by atoms with Gasteiger partial charge < -0.3 is 9.47 Å². The Morgan fingerprint density at radius 3 is 2.32 bits per heavy atom. The number of rotatable bonds is 3. The Balaban J connectivity index is 1.81. The lowest BCUT2D eigenvalue weighted by Gasteiger charge is -2.11. The zero-order chi connectivity index (χ0) is 19.1. The first-order valence-electron chi connectivity index (χ1n) is 8.92. The molecule has 0 radical (unpaired) electrons. The molecule has 0 fully saturated rings. The van der Waals surface area contributed by atoms with Crippen LogP contribution in [0.1, 0.15) is 0 Å². The van der Waals surface area contributed by atoms with Crippen LogP contribution in [-0.2, 0) is 0 Å². The lowest BCUT2D eigenvalue weighted by atomic mass is 10.0. The molecule has 5 heteroatoms. The molecule has 0 atom stereocenters. The number of nitrogens with zero attached hydrogens (tertiary/aromatic N) is 3. The van der Waals surface area contributed by atoms with Gasteiger partial charge in [-0.1, -0.05) is 24.3 Å². The SMILES string of the molecule is COc1cc2ncc3cnc(-c4cncc5ccccc45)cc3c2cc1OC. The Hall–Kier alpha value is -3.73. The average molecular weight is 367 g/mol. The van der Waals surface area contributed by atoms with Crippen molar-refractivity contribution in [3.63, 3.8) is 0 Å². The molecule has 0 aliphatic carbocycles. The van der Waals surface area contributed by atoms with Crippen molar-refractivity contribution in [2.24, 2.45) is 0 Å². The second-order valence-corrected chi connectivity index (χ2v) is 6.55. The minimum atomic E-state index is 0.661. The molecule has 5 nitrogen and oxygen atoms in total. The maximum absolute atomic E-state index is 5.49. The van der Waals surface area contributed by atoms with Crippen molar-refractivity contribution < 1.29 is 9.47 Å². The van der Waals surface area contributed by atoms with Crippen LogP contribution in [0.25, 0.3) is 43.7 Å². The van der Waals surface area contributed by atoms with E-state index in [1.165, 1.54) is 0 Å². The van der Waals surface area contributed by atoms with Gasteiger partial charge in [0, 0.05) is 52.6 Å². The molecule has 5 aromatic rings. The molecule has 2 aromatic carbocycles. The largest absolute Gasteiger partial charge is 0.493 e. The summed E-state index contributed by atoms with van der Waals surface area (Å²) in [5, 5.41) is 5.24. The van der Waals surface area contributed by atoms with Gasteiger partial charge >= 0.3 is 0 Å². The number of hydrogen-bond acceptors (Lipinski definition) is 5. The second-order valence-electron chi connectivity index (χ2n) is 6.55. The Morgan fingerprint density at radius 2 is 1.46 bits per heavy atom. The van der Waals surface area contributed by atoms with Crippen molar-refractivity contribution in [3.05, 3.63) is 67.3 Å². The van der Waals surface area contributed by atoms with Crippen molar-refractivity contribution in [2.75, 3.05) is 14.2 Å². The fourth-order valence-corrected chi connectivity index (χ4v) is 3.60. The first-order chi connectivity index (χ1) is 13.8. The molecule has 5 rings (SSSR count). The van der Waals surface area contributed by atoms with Crippen LogP contribution in [0.5, 0.6) is 11.5 Å². The predicted molar refractivity (Wildman–Crippen MR) is 111 cm³/mol. The molecule has 0 amide bonds. The van der Waals surface area contributed by atoms with E-state index in [1.54, 1.807) is 14.2 Å². The van der Waals surface area contributed by atoms with Crippen LogP contribution in [-0.4, -0.2) is 29.2 Å². The number of ether oxygens (including phenoxy) is 2. The van der Waals surface area contributed by atoms with E-state index in [2.05, 4.69) is 33.2 Å². The summed E-state index contributed by atoms with van der Waals surface area (Å²) in [6.07, 6.45) is 7.43. The lowest BCUT2D eigenvalue weighted by Crippen LogP contribution is -1.93. The van der Waals surface area contributed by atoms with E-state index in [0.717, 1.165) is 43.7 Å². The molecule has 3 heterocycles.